The van der Waals surface area contributed by atoms with Gasteiger partial charge >= 0.3 is 0 Å². The average Bonchev–Trinajstić information content (AvgIpc) is 1.14. The van der Waals surface area contributed by atoms with Crippen molar-refractivity contribution in [3.8, 4) is 74.7 Å². The average molecular weight is 1190 g/mol. The maximum atomic E-state index is 7.41. The molecule has 12 aromatic carbocycles. The quantitative estimate of drug-likeness (QED) is 0.138. The molecule has 5 aliphatic heterocycles. The fraction of sp³-hybridized carbons (Fsp3) is 0.0380. The summed E-state index contributed by atoms with van der Waals surface area (Å²) in [5, 5.41) is 6.10. The summed E-state index contributed by atoms with van der Waals surface area (Å²) in [4.78, 5) is 6.33. The number of H-pyrrole nitrogens is 1. The highest BCUT2D eigenvalue weighted by Crippen LogP contribution is 2.48. The van der Waals surface area contributed by atoms with Gasteiger partial charge in [0.25, 0.3) is 20.1 Å². The Morgan fingerprint density at radius 3 is 1.74 bits per heavy atom. The highest BCUT2D eigenvalue weighted by Gasteiger charge is 2.49. The van der Waals surface area contributed by atoms with Crippen molar-refractivity contribution < 1.29 is 28.4 Å². The van der Waals surface area contributed by atoms with E-state index in [1.165, 1.54) is 5.56 Å². The van der Waals surface area contributed by atoms with E-state index in [-0.39, 0.29) is 20.1 Å². The smallest absolute Gasteiger partial charge is 0.277 e. The van der Waals surface area contributed by atoms with Crippen molar-refractivity contribution in [3.05, 3.63) is 271 Å². The summed E-state index contributed by atoms with van der Waals surface area (Å²) >= 11 is 0. The van der Waals surface area contributed by atoms with Crippen LogP contribution < -0.4 is 88.1 Å². The van der Waals surface area contributed by atoms with Crippen molar-refractivity contribution >= 4 is 120 Å². The van der Waals surface area contributed by atoms with Gasteiger partial charge in [-0.3, -0.25) is 0 Å². The molecule has 434 valence electrons. The first-order chi connectivity index (χ1) is 45.3. The maximum Gasteiger partial charge on any atom is 0.277 e. The van der Waals surface area contributed by atoms with E-state index in [0.717, 1.165) is 168 Å². The molecule has 0 radical (unpaired) electrons. The third-order valence-electron chi connectivity index (χ3n) is 18.9. The number of anilines is 5. The van der Waals surface area contributed by atoms with Gasteiger partial charge in [0.15, 0.2) is 0 Å². The van der Waals surface area contributed by atoms with Crippen molar-refractivity contribution in [1.29, 1.82) is 0 Å². The zero-order chi connectivity index (χ0) is 60.9. The van der Waals surface area contributed by atoms with Gasteiger partial charge in [0.1, 0.15) is 69.0 Å². The largest absolute Gasteiger partial charge is 0.458 e. The number of nitrogens with one attached hydrogen (secondary N) is 2. The van der Waals surface area contributed by atoms with E-state index in [9.17, 15) is 0 Å². The summed E-state index contributed by atoms with van der Waals surface area (Å²) in [6.07, 6.45) is 0. The van der Waals surface area contributed by atoms with Crippen LogP contribution in [0.1, 0.15) is 16.7 Å². The molecule has 0 saturated carbocycles. The van der Waals surface area contributed by atoms with Crippen LogP contribution >= 0.6 is 0 Å². The Hall–Kier alpha value is -11.7. The Balaban J connectivity index is 0.872. The lowest BCUT2D eigenvalue weighted by molar-refractivity contribution is 0.463. The number of rotatable bonds is 9. The van der Waals surface area contributed by atoms with Crippen molar-refractivity contribution in [3.63, 3.8) is 0 Å². The second-order valence-electron chi connectivity index (χ2n) is 24.6. The Bertz CT molecular complexity index is 5390. The summed E-state index contributed by atoms with van der Waals surface area (Å²) < 4.78 is 44.3. The maximum absolute atomic E-state index is 7.41. The third-order valence-corrected chi connectivity index (χ3v) is 18.9. The van der Waals surface area contributed by atoms with Gasteiger partial charge in [0.05, 0.1) is 11.2 Å². The number of aromatic nitrogens is 2. The van der Waals surface area contributed by atoms with E-state index in [0.29, 0.717) is 17.2 Å². The highest BCUT2D eigenvalue weighted by molar-refractivity contribution is 7.03. The minimum absolute atomic E-state index is 0.267. The molecule has 0 saturated heterocycles. The molecule has 13 heteroatoms. The Kier molecular flexibility index (Phi) is 11.5. The van der Waals surface area contributed by atoms with E-state index in [2.05, 4.69) is 192 Å². The van der Waals surface area contributed by atoms with Gasteiger partial charge in [-0.25, -0.2) is 0 Å². The van der Waals surface area contributed by atoms with Crippen LogP contribution in [0, 0.1) is 20.8 Å². The number of fused-ring (bicyclic) bond motifs is 14. The molecule has 0 spiro atoms. The minimum Gasteiger partial charge on any atom is -0.458 e. The van der Waals surface area contributed by atoms with Crippen LogP contribution in [0.5, 0.6) is 69.0 Å². The molecular weight excluding hydrogens is 1130 g/mol. The molecule has 5 aliphatic rings. The van der Waals surface area contributed by atoms with Gasteiger partial charge in [0.2, 0.25) is 0 Å². The van der Waals surface area contributed by atoms with Crippen LogP contribution in [-0.4, -0.2) is 29.7 Å². The van der Waals surface area contributed by atoms with Crippen molar-refractivity contribution in [2.45, 2.75) is 20.8 Å². The SMILES string of the molecule is Cc1cc(C)c(N2c3cc4c(cc3B3c5cc(B6c7ccc(Oc8ccccc8)cc7Oc7c6[nH]c6ccccc76)ccc5Oc5cc(Oc6ccccc6)cc2c53)B2c3c(cc(Oc5ccccc5)cc3Oc3c2n(-c2ccccc2)c2ccccc32)N4)c(C)c1. The van der Waals surface area contributed by atoms with Crippen molar-refractivity contribution in [1.82, 2.24) is 9.55 Å². The van der Waals surface area contributed by atoms with Crippen LogP contribution in [0.15, 0.2) is 255 Å². The van der Waals surface area contributed by atoms with Crippen LogP contribution in [0.2, 0.25) is 0 Å². The predicted molar refractivity (Wildman–Crippen MR) is 373 cm³/mol. The number of hydrogen-bond acceptors (Lipinski definition) is 8. The lowest BCUT2D eigenvalue weighted by Crippen LogP contribution is -2.64. The first kappa shape index (κ1) is 52.3. The predicted octanol–water partition coefficient (Wildman–Crippen LogP) is 14.1. The molecule has 19 rings (SSSR count). The Morgan fingerprint density at radius 2 is 1.01 bits per heavy atom. The van der Waals surface area contributed by atoms with E-state index in [1.807, 2.05) is 103 Å². The summed E-state index contributed by atoms with van der Waals surface area (Å²) in [6.45, 7) is 5.70. The third kappa shape index (κ3) is 8.11. The standard InChI is InChI=1S/C79H53B3N4O6/c1-46-36-47(2)75(48(3)37-46)86-67-45-64-60(82-73-65(83-64)39-55(88-52-24-12-6-13-25-52)42-71(73)92-77-58-29-17-19-31-66(58)85(79(77)82)50-20-8-4-9-21-50)44-61(67)81-62-38-49(32-35-69(62)90-72-43-56(40-68(86)74(72)81)89-53-26-14-7-15-27-53)80-59-34-33-54(87-51-22-10-5-11-23-51)41-70(59)91-76-57-28-16-18-30-63(57)84-78(76)80/h4-45,83-84H,1-3H3. The molecule has 10 nitrogen and oxygen atoms in total. The van der Waals surface area contributed by atoms with E-state index in [4.69, 9.17) is 28.4 Å². The van der Waals surface area contributed by atoms with Crippen LogP contribution in [-0.2, 0) is 0 Å². The second kappa shape index (κ2) is 20.2. The lowest BCUT2D eigenvalue weighted by Gasteiger charge is -2.43. The number of para-hydroxylation sites is 6. The molecular formula is C79H53B3N4O6. The van der Waals surface area contributed by atoms with E-state index in [1.54, 1.807) is 0 Å². The van der Waals surface area contributed by atoms with Crippen LogP contribution in [0.25, 0.3) is 27.5 Å². The number of aromatic amines is 1. The normalized spacial score (nSPS) is 13.2. The fourth-order valence-electron chi connectivity index (χ4n) is 15.3. The van der Waals surface area contributed by atoms with Crippen molar-refractivity contribution in [2.75, 3.05) is 10.2 Å². The number of benzene rings is 12. The molecule has 0 unspecified atom stereocenters. The summed E-state index contributed by atoms with van der Waals surface area (Å²) in [5.41, 5.74) is 21.0. The molecule has 7 heterocycles. The first-order valence-electron chi connectivity index (χ1n) is 31.3. The Morgan fingerprint density at radius 1 is 0.391 bits per heavy atom. The number of hydrogen-bond donors (Lipinski definition) is 2. The first-order valence-corrected chi connectivity index (χ1v) is 31.3. The van der Waals surface area contributed by atoms with Gasteiger partial charge < -0.3 is 48.2 Å². The summed E-state index contributed by atoms with van der Waals surface area (Å²) in [5.74, 6) is 8.79. The molecule has 0 bridgehead atoms. The van der Waals surface area contributed by atoms with Gasteiger partial charge in [0, 0.05) is 86.2 Å². The molecule has 14 aromatic rings. The number of ether oxygens (including phenoxy) is 6. The monoisotopic (exact) mass is 1190 g/mol. The van der Waals surface area contributed by atoms with E-state index >= 15 is 0 Å². The Labute approximate surface area is 532 Å². The van der Waals surface area contributed by atoms with E-state index < -0.39 is 0 Å². The van der Waals surface area contributed by atoms with Crippen LogP contribution in [0.4, 0.5) is 28.4 Å². The zero-order valence-corrected chi connectivity index (χ0v) is 50.3. The van der Waals surface area contributed by atoms with Crippen LogP contribution in [0.3, 0.4) is 0 Å². The molecule has 0 atom stereocenters. The second-order valence-corrected chi connectivity index (χ2v) is 24.6. The molecule has 0 amide bonds. The van der Waals surface area contributed by atoms with Gasteiger partial charge in [-0.2, -0.15) is 0 Å². The number of aryl methyl sites for hydroxylation is 3. The minimum atomic E-state index is -0.345. The molecule has 2 aromatic heterocycles. The number of nitrogens with zero attached hydrogens (tertiary/aromatic N) is 2. The molecule has 0 aliphatic carbocycles. The topological polar surface area (TPSA) is 91.4 Å². The van der Waals surface area contributed by atoms with Crippen molar-refractivity contribution in [2.24, 2.45) is 0 Å². The van der Waals surface area contributed by atoms with Gasteiger partial charge in [-0.1, -0.05) is 144 Å². The lowest BCUT2D eigenvalue weighted by atomic mass is 9.30. The van der Waals surface area contributed by atoms with Gasteiger partial charge in [-0.15, -0.1) is 0 Å². The summed E-state index contributed by atoms with van der Waals surface area (Å²) in [6, 6.07) is 88.5. The molecule has 0 fully saturated rings. The summed E-state index contributed by atoms with van der Waals surface area (Å²) in [7, 11) is 0. The highest BCUT2D eigenvalue weighted by atomic mass is 16.5. The molecule has 92 heavy (non-hydrogen) atoms. The zero-order valence-electron chi connectivity index (χ0n) is 50.3. The molecule has 2 N–H and O–H groups in total. The fourth-order valence-corrected chi connectivity index (χ4v) is 15.3. The van der Waals surface area contributed by atoms with Gasteiger partial charge in [-0.05, 0) is 156 Å².